The Kier molecular flexibility index (Phi) is 3.50. The highest BCUT2D eigenvalue weighted by Crippen LogP contribution is 2.49. The monoisotopic (exact) mass is 246 g/mol. The largest absolute Gasteiger partial charge is 0.494 e. The molecule has 2 rings (SSSR count). The maximum absolute atomic E-state index is 12.2. The van der Waals surface area contributed by atoms with Crippen molar-refractivity contribution < 1.29 is 14.3 Å². The summed E-state index contributed by atoms with van der Waals surface area (Å²) in [6.45, 7) is 4.22. The van der Waals surface area contributed by atoms with Crippen molar-refractivity contribution in [3.8, 4) is 5.75 Å². The lowest BCUT2D eigenvalue weighted by molar-refractivity contribution is -0.120. The number of Topliss-reactive ketones (excluding diaryl/α,β-unsaturated/α-hetero) is 2. The van der Waals surface area contributed by atoms with Crippen LogP contribution < -0.4 is 4.74 Å². The van der Waals surface area contributed by atoms with Gasteiger partial charge in [0.15, 0.2) is 5.78 Å². The Morgan fingerprint density at radius 2 is 1.83 bits per heavy atom. The highest BCUT2D eigenvalue weighted by molar-refractivity contribution is 6.16. The number of carbonyl (C=O) groups is 2. The second kappa shape index (κ2) is 4.92. The summed E-state index contributed by atoms with van der Waals surface area (Å²) in [7, 11) is 0. The first-order chi connectivity index (χ1) is 8.60. The summed E-state index contributed by atoms with van der Waals surface area (Å²) in [5.74, 6) is 0.705. The van der Waals surface area contributed by atoms with E-state index in [0.717, 1.165) is 12.2 Å². The molecule has 3 heteroatoms. The molecule has 0 atom stereocenters. The van der Waals surface area contributed by atoms with Crippen LogP contribution in [0.3, 0.4) is 0 Å². The lowest BCUT2D eigenvalue weighted by atomic mass is 9.91. The van der Waals surface area contributed by atoms with E-state index in [-0.39, 0.29) is 11.6 Å². The van der Waals surface area contributed by atoms with Crippen molar-refractivity contribution in [2.24, 2.45) is 5.41 Å². The summed E-state index contributed by atoms with van der Waals surface area (Å²) < 4.78 is 5.46. The third kappa shape index (κ3) is 2.30. The minimum Gasteiger partial charge on any atom is -0.494 e. The first kappa shape index (κ1) is 12.8. The molecule has 96 valence electrons. The summed E-state index contributed by atoms with van der Waals surface area (Å²) >= 11 is 0. The van der Waals surface area contributed by atoms with E-state index in [1.54, 1.807) is 24.3 Å². The molecule has 1 saturated carbocycles. The van der Waals surface area contributed by atoms with Gasteiger partial charge >= 0.3 is 0 Å². The van der Waals surface area contributed by atoms with Gasteiger partial charge in [-0.1, -0.05) is 6.92 Å². The Morgan fingerprint density at radius 1 is 1.22 bits per heavy atom. The molecular weight excluding hydrogens is 228 g/mol. The zero-order chi connectivity index (χ0) is 13.2. The van der Waals surface area contributed by atoms with Crippen molar-refractivity contribution in [3.63, 3.8) is 0 Å². The Balaban J connectivity index is 2.10. The van der Waals surface area contributed by atoms with Crippen molar-refractivity contribution in [2.45, 2.75) is 33.1 Å². The van der Waals surface area contributed by atoms with E-state index < -0.39 is 5.41 Å². The first-order valence-electron chi connectivity index (χ1n) is 6.39. The van der Waals surface area contributed by atoms with Crippen LogP contribution in [0.5, 0.6) is 5.75 Å². The van der Waals surface area contributed by atoms with Crippen LogP contribution in [0.1, 0.15) is 43.5 Å². The van der Waals surface area contributed by atoms with Crippen LogP contribution in [0.4, 0.5) is 0 Å². The van der Waals surface area contributed by atoms with Crippen molar-refractivity contribution in [2.75, 3.05) is 6.61 Å². The Bertz CT molecular complexity index is 455. The normalized spacial score (nSPS) is 16.1. The summed E-state index contributed by atoms with van der Waals surface area (Å²) in [6, 6.07) is 7.07. The third-order valence-corrected chi connectivity index (χ3v) is 3.45. The molecule has 0 heterocycles. The quantitative estimate of drug-likeness (QED) is 0.572. The summed E-state index contributed by atoms with van der Waals surface area (Å²) in [6.07, 6.45) is 2.33. The predicted molar refractivity (Wildman–Crippen MR) is 68.9 cm³/mol. The molecule has 0 N–H and O–H groups in total. The fourth-order valence-electron chi connectivity index (χ4n) is 2.06. The van der Waals surface area contributed by atoms with E-state index in [9.17, 15) is 9.59 Å². The summed E-state index contributed by atoms with van der Waals surface area (Å²) in [5.41, 5.74) is -0.113. The Labute approximate surface area is 107 Å². The second-order valence-electron chi connectivity index (χ2n) is 4.84. The molecule has 1 aromatic rings. The smallest absolute Gasteiger partial charge is 0.176 e. The molecule has 0 saturated heterocycles. The van der Waals surface area contributed by atoms with Crippen molar-refractivity contribution in [3.05, 3.63) is 29.8 Å². The molecule has 0 unspecified atom stereocenters. The standard InChI is InChI=1S/C15H18O3/c1-3-10-18-13-6-4-12(5-7-13)14(17)15(8-9-15)11(2)16/h4-7H,3,8-10H2,1-2H3. The Morgan fingerprint density at radius 3 is 2.28 bits per heavy atom. The minimum atomic E-state index is -0.716. The second-order valence-corrected chi connectivity index (χ2v) is 4.84. The van der Waals surface area contributed by atoms with Gasteiger partial charge in [-0.3, -0.25) is 9.59 Å². The average molecular weight is 246 g/mol. The first-order valence-corrected chi connectivity index (χ1v) is 6.39. The lowest BCUT2D eigenvalue weighted by Crippen LogP contribution is -2.23. The molecule has 18 heavy (non-hydrogen) atoms. The molecule has 1 aliphatic rings. The number of ketones is 2. The van der Waals surface area contributed by atoms with Gasteiger partial charge in [0.25, 0.3) is 0 Å². The number of ether oxygens (including phenoxy) is 1. The van der Waals surface area contributed by atoms with Gasteiger partial charge in [0.2, 0.25) is 0 Å². The van der Waals surface area contributed by atoms with E-state index in [1.807, 2.05) is 6.92 Å². The van der Waals surface area contributed by atoms with Crippen molar-refractivity contribution >= 4 is 11.6 Å². The van der Waals surface area contributed by atoms with Crippen LogP contribution in [-0.4, -0.2) is 18.2 Å². The zero-order valence-corrected chi connectivity index (χ0v) is 10.9. The van der Waals surface area contributed by atoms with Gasteiger partial charge in [0.05, 0.1) is 12.0 Å². The van der Waals surface area contributed by atoms with Crippen LogP contribution in [0, 0.1) is 5.41 Å². The van der Waals surface area contributed by atoms with Crippen LogP contribution in [0.25, 0.3) is 0 Å². The average Bonchev–Trinajstić information content (AvgIpc) is 3.17. The number of hydrogen-bond donors (Lipinski definition) is 0. The molecule has 1 aromatic carbocycles. The SMILES string of the molecule is CCCOc1ccc(C(=O)C2(C(C)=O)CC2)cc1. The minimum absolute atomic E-state index is 0.0150. The number of hydrogen-bond acceptors (Lipinski definition) is 3. The molecule has 0 amide bonds. The lowest BCUT2D eigenvalue weighted by Gasteiger charge is -2.10. The van der Waals surface area contributed by atoms with Gasteiger partial charge in [-0.15, -0.1) is 0 Å². The number of benzene rings is 1. The van der Waals surface area contributed by atoms with Gasteiger partial charge in [-0.2, -0.15) is 0 Å². The maximum Gasteiger partial charge on any atom is 0.176 e. The highest BCUT2D eigenvalue weighted by atomic mass is 16.5. The molecule has 0 aromatic heterocycles. The Hall–Kier alpha value is -1.64. The molecule has 3 nitrogen and oxygen atoms in total. The van der Waals surface area contributed by atoms with E-state index in [4.69, 9.17) is 4.74 Å². The highest BCUT2D eigenvalue weighted by Gasteiger charge is 2.53. The fourth-order valence-corrected chi connectivity index (χ4v) is 2.06. The number of carbonyl (C=O) groups excluding carboxylic acids is 2. The van der Waals surface area contributed by atoms with Crippen molar-refractivity contribution in [1.29, 1.82) is 0 Å². The predicted octanol–water partition coefficient (Wildman–Crippen LogP) is 3.03. The molecule has 0 spiro atoms. The van der Waals surface area contributed by atoms with Gasteiger partial charge in [0, 0.05) is 5.56 Å². The maximum atomic E-state index is 12.2. The van der Waals surface area contributed by atoms with E-state index in [2.05, 4.69) is 0 Å². The molecule has 0 radical (unpaired) electrons. The van der Waals surface area contributed by atoms with Gasteiger partial charge in [0.1, 0.15) is 11.5 Å². The van der Waals surface area contributed by atoms with E-state index in [1.165, 1.54) is 6.92 Å². The molecule has 0 aliphatic heterocycles. The molecule has 1 aliphatic carbocycles. The van der Waals surface area contributed by atoms with Crippen LogP contribution >= 0.6 is 0 Å². The molecular formula is C15H18O3. The fraction of sp³-hybridized carbons (Fsp3) is 0.467. The van der Waals surface area contributed by atoms with Crippen LogP contribution in [-0.2, 0) is 4.79 Å². The zero-order valence-electron chi connectivity index (χ0n) is 10.9. The summed E-state index contributed by atoms with van der Waals surface area (Å²) in [4.78, 5) is 23.7. The summed E-state index contributed by atoms with van der Waals surface area (Å²) in [5, 5.41) is 0. The molecule has 1 fully saturated rings. The van der Waals surface area contributed by atoms with Gasteiger partial charge in [-0.25, -0.2) is 0 Å². The van der Waals surface area contributed by atoms with E-state index >= 15 is 0 Å². The van der Waals surface area contributed by atoms with Crippen molar-refractivity contribution in [1.82, 2.24) is 0 Å². The number of rotatable bonds is 6. The topological polar surface area (TPSA) is 43.4 Å². The molecule has 0 bridgehead atoms. The van der Waals surface area contributed by atoms with Crippen LogP contribution in [0.2, 0.25) is 0 Å². The third-order valence-electron chi connectivity index (χ3n) is 3.45. The van der Waals surface area contributed by atoms with Gasteiger partial charge in [-0.05, 0) is 50.5 Å². The van der Waals surface area contributed by atoms with Gasteiger partial charge < -0.3 is 4.74 Å². The van der Waals surface area contributed by atoms with E-state index in [0.29, 0.717) is 25.0 Å². The van der Waals surface area contributed by atoms with Crippen LogP contribution in [0.15, 0.2) is 24.3 Å².